The molecule has 18 heavy (non-hydrogen) atoms. The summed E-state index contributed by atoms with van der Waals surface area (Å²) in [6.45, 7) is 16.2. The average Bonchev–Trinajstić information content (AvgIpc) is 2.34. The van der Waals surface area contributed by atoms with Gasteiger partial charge < -0.3 is 5.11 Å². The van der Waals surface area contributed by atoms with E-state index in [-0.39, 0.29) is 5.92 Å². The van der Waals surface area contributed by atoms with Crippen molar-refractivity contribution >= 4 is 5.71 Å². The average molecular weight is 251 g/mol. The van der Waals surface area contributed by atoms with Crippen LogP contribution in [0.4, 0.5) is 0 Å². The molecular formula is C16H29NO. The summed E-state index contributed by atoms with van der Waals surface area (Å²) in [7, 11) is 0. The normalized spacial score (nSPS) is 20.6. The van der Waals surface area contributed by atoms with Crippen molar-refractivity contribution in [1.82, 2.24) is 0 Å². The molecule has 104 valence electrons. The Bertz CT molecular complexity index is 337. The first kappa shape index (κ1) is 16.9. The lowest BCUT2D eigenvalue weighted by Crippen LogP contribution is -2.12. The van der Waals surface area contributed by atoms with Crippen LogP contribution in [0, 0.1) is 11.8 Å². The molecule has 0 amide bonds. The highest BCUT2D eigenvalue weighted by Crippen LogP contribution is 2.33. The zero-order valence-corrected chi connectivity index (χ0v) is 12.9. The van der Waals surface area contributed by atoms with Crippen LogP contribution in [0.5, 0.6) is 0 Å². The summed E-state index contributed by atoms with van der Waals surface area (Å²) in [5.41, 5.74) is 3.67. The molecular weight excluding hydrogens is 222 g/mol. The van der Waals surface area contributed by atoms with Crippen LogP contribution >= 0.6 is 0 Å². The first-order valence-electron chi connectivity index (χ1n) is 7.03. The van der Waals surface area contributed by atoms with Gasteiger partial charge in [0, 0.05) is 17.3 Å². The first-order valence-corrected chi connectivity index (χ1v) is 7.03. The number of aliphatic hydroxyl groups is 1. The van der Waals surface area contributed by atoms with E-state index in [4.69, 9.17) is 4.99 Å². The molecule has 1 rings (SSSR count). The topological polar surface area (TPSA) is 32.6 Å². The summed E-state index contributed by atoms with van der Waals surface area (Å²) in [5, 5.41) is 9.46. The smallest absolute Gasteiger partial charge is 0.0885 e. The van der Waals surface area contributed by atoms with Crippen molar-refractivity contribution in [1.29, 1.82) is 0 Å². The number of nitrogens with zero attached hydrogens (tertiary/aromatic N) is 1. The van der Waals surface area contributed by atoms with E-state index in [0.717, 1.165) is 25.0 Å². The molecule has 0 saturated carbocycles. The second kappa shape index (κ2) is 8.12. The molecule has 2 heteroatoms. The molecule has 0 aromatic heterocycles. The van der Waals surface area contributed by atoms with Crippen LogP contribution in [0.3, 0.4) is 0 Å². The van der Waals surface area contributed by atoms with Crippen LogP contribution in [-0.4, -0.2) is 10.8 Å². The number of hydrogen-bond donors (Lipinski definition) is 1. The minimum absolute atomic E-state index is 0.197. The van der Waals surface area contributed by atoms with Crippen LogP contribution in [0.25, 0.3) is 0 Å². The molecule has 0 spiro atoms. The van der Waals surface area contributed by atoms with Crippen molar-refractivity contribution in [2.75, 3.05) is 0 Å². The van der Waals surface area contributed by atoms with Crippen molar-refractivity contribution in [2.24, 2.45) is 16.8 Å². The van der Waals surface area contributed by atoms with E-state index in [1.165, 1.54) is 11.3 Å². The third-order valence-corrected chi connectivity index (χ3v) is 3.42. The van der Waals surface area contributed by atoms with Gasteiger partial charge in [-0.1, -0.05) is 39.8 Å². The molecule has 1 N–H and O–H groups in total. The first-order chi connectivity index (χ1) is 8.41. The fraction of sp³-hybridized carbons (Fsp3) is 0.688. The molecule has 1 aliphatic rings. The maximum Gasteiger partial charge on any atom is 0.0885 e. The molecule has 0 bridgehead atoms. The predicted molar refractivity (Wildman–Crippen MR) is 81.1 cm³/mol. The molecule has 0 aromatic rings. The standard InChI is InChI=1S/C14H23NO.C2H6/c1-9(2)11(4)15-14-8-13(12(5)16)7-6-10(14)3;1-2/h9,13,16H,5-8H2,1-4H3;1-2H3. The van der Waals surface area contributed by atoms with E-state index < -0.39 is 0 Å². The van der Waals surface area contributed by atoms with Gasteiger partial charge in [-0.05, 0) is 39.0 Å². The Labute approximate surface area is 113 Å². The Morgan fingerprint density at radius 1 is 1.39 bits per heavy atom. The SMILES string of the molecule is C=C(O)C1CCC(C)=C(N=C(C)C(C)C)C1.CC. The Morgan fingerprint density at radius 2 is 1.94 bits per heavy atom. The maximum atomic E-state index is 9.46. The van der Waals surface area contributed by atoms with E-state index in [0.29, 0.717) is 11.7 Å². The predicted octanol–water partition coefficient (Wildman–Crippen LogP) is 5.28. The van der Waals surface area contributed by atoms with Crippen LogP contribution in [-0.2, 0) is 0 Å². The minimum Gasteiger partial charge on any atom is -0.513 e. The van der Waals surface area contributed by atoms with Gasteiger partial charge in [0.25, 0.3) is 0 Å². The van der Waals surface area contributed by atoms with E-state index in [1.54, 1.807) is 0 Å². The zero-order valence-electron chi connectivity index (χ0n) is 12.9. The molecule has 0 saturated heterocycles. The molecule has 2 nitrogen and oxygen atoms in total. The molecule has 0 fully saturated rings. The lowest BCUT2D eigenvalue weighted by Gasteiger charge is -2.23. The quantitative estimate of drug-likeness (QED) is 0.537. The molecule has 0 heterocycles. The van der Waals surface area contributed by atoms with Gasteiger partial charge in [0.1, 0.15) is 0 Å². The van der Waals surface area contributed by atoms with Crippen molar-refractivity contribution < 1.29 is 5.11 Å². The summed E-state index contributed by atoms with van der Waals surface area (Å²) in [6, 6.07) is 0. The second-order valence-electron chi connectivity index (χ2n) is 5.07. The Hall–Kier alpha value is -1.05. The highest BCUT2D eigenvalue weighted by atomic mass is 16.3. The number of allylic oxidation sites excluding steroid dienone is 3. The molecule has 0 radical (unpaired) electrons. The number of hydrogen-bond acceptors (Lipinski definition) is 2. The van der Waals surface area contributed by atoms with Gasteiger partial charge in [-0.15, -0.1) is 0 Å². The second-order valence-corrected chi connectivity index (χ2v) is 5.07. The van der Waals surface area contributed by atoms with Gasteiger partial charge in [-0.25, -0.2) is 0 Å². The van der Waals surface area contributed by atoms with Gasteiger partial charge in [0.05, 0.1) is 5.76 Å². The van der Waals surface area contributed by atoms with Gasteiger partial charge in [-0.2, -0.15) is 0 Å². The molecule has 1 aliphatic carbocycles. The number of aliphatic hydroxyl groups excluding tert-OH is 1. The van der Waals surface area contributed by atoms with E-state index >= 15 is 0 Å². The van der Waals surface area contributed by atoms with Crippen molar-refractivity contribution in [3.05, 3.63) is 23.6 Å². The van der Waals surface area contributed by atoms with Crippen molar-refractivity contribution in [3.8, 4) is 0 Å². The lowest BCUT2D eigenvalue weighted by atomic mass is 9.87. The summed E-state index contributed by atoms with van der Waals surface area (Å²) in [6.07, 6.45) is 2.86. The van der Waals surface area contributed by atoms with E-state index in [2.05, 4.69) is 34.3 Å². The third-order valence-electron chi connectivity index (χ3n) is 3.42. The van der Waals surface area contributed by atoms with E-state index in [9.17, 15) is 5.11 Å². The monoisotopic (exact) mass is 251 g/mol. The molecule has 1 unspecified atom stereocenters. The van der Waals surface area contributed by atoms with Gasteiger partial charge in [-0.3, -0.25) is 4.99 Å². The molecule has 1 atom stereocenters. The van der Waals surface area contributed by atoms with E-state index in [1.807, 2.05) is 13.8 Å². The van der Waals surface area contributed by atoms with Crippen LogP contribution < -0.4 is 0 Å². The molecule has 0 aliphatic heterocycles. The Balaban J connectivity index is 0.00000137. The maximum absolute atomic E-state index is 9.46. The fourth-order valence-corrected chi connectivity index (χ4v) is 1.81. The van der Waals surface area contributed by atoms with Crippen LogP contribution in [0.2, 0.25) is 0 Å². The fourth-order valence-electron chi connectivity index (χ4n) is 1.81. The van der Waals surface area contributed by atoms with Crippen molar-refractivity contribution in [3.63, 3.8) is 0 Å². The van der Waals surface area contributed by atoms with Gasteiger partial charge in [0.2, 0.25) is 0 Å². The molecule has 0 aromatic carbocycles. The Kier molecular flexibility index (Phi) is 7.65. The summed E-state index contributed by atoms with van der Waals surface area (Å²) >= 11 is 0. The zero-order chi connectivity index (χ0) is 14.3. The minimum atomic E-state index is 0.197. The summed E-state index contributed by atoms with van der Waals surface area (Å²) < 4.78 is 0. The summed E-state index contributed by atoms with van der Waals surface area (Å²) in [5.74, 6) is 0.989. The van der Waals surface area contributed by atoms with Crippen molar-refractivity contribution in [2.45, 2.75) is 60.8 Å². The highest BCUT2D eigenvalue weighted by molar-refractivity contribution is 5.84. The van der Waals surface area contributed by atoms with Gasteiger partial charge in [0.15, 0.2) is 0 Å². The van der Waals surface area contributed by atoms with Gasteiger partial charge >= 0.3 is 0 Å². The number of aliphatic imine (C=N–C) groups is 1. The van der Waals surface area contributed by atoms with Crippen LogP contribution in [0.1, 0.15) is 60.8 Å². The number of rotatable bonds is 3. The largest absolute Gasteiger partial charge is 0.513 e. The third kappa shape index (κ3) is 5.07. The lowest BCUT2D eigenvalue weighted by molar-refractivity contribution is 0.312. The summed E-state index contributed by atoms with van der Waals surface area (Å²) in [4.78, 5) is 4.69. The van der Waals surface area contributed by atoms with Crippen LogP contribution in [0.15, 0.2) is 28.6 Å². The Morgan fingerprint density at radius 3 is 2.39 bits per heavy atom. The highest BCUT2D eigenvalue weighted by Gasteiger charge is 2.21.